The third-order valence-electron chi connectivity index (χ3n) is 2.54. The third-order valence-corrected chi connectivity index (χ3v) is 2.54. The molecule has 2 aromatic heterocycles. The zero-order chi connectivity index (χ0) is 13.7. The van der Waals surface area contributed by atoms with Crippen molar-refractivity contribution in [3.63, 3.8) is 0 Å². The molecule has 100 valence electrons. The number of aromatic nitrogens is 2. The summed E-state index contributed by atoms with van der Waals surface area (Å²) in [7, 11) is 0. The Balaban J connectivity index is 2.03. The summed E-state index contributed by atoms with van der Waals surface area (Å²) < 4.78 is 4.94. The molecule has 0 atom stereocenters. The van der Waals surface area contributed by atoms with Crippen LogP contribution in [0.5, 0.6) is 0 Å². The van der Waals surface area contributed by atoms with Crippen LogP contribution >= 0.6 is 0 Å². The van der Waals surface area contributed by atoms with Crippen LogP contribution in [0.1, 0.15) is 28.7 Å². The highest BCUT2D eigenvalue weighted by atomic mass is 16.5. The molecule has 0 spiro atoms. The SMILES string of the molecule is CCNc1ccncc1C(=O)NCc1cc(C)on1. The maximum absolute atomic E-state index is 12.1. The van der Waals surface area contributed by atoms with Crippen LogP contribution in [0.15, 0.2) is 29.0 Å². The topological polar surface area (TPSA) is 80.0 Å². The summed E-state index contributed by atoms with van der Waals surface area (Å²) >= 11 is 0. The van der Waals surface area contributed by atoms with Crippen LogP contribution < -0.4 is 10.6 Å². The van der Waals surface area contributed by atoms with Crippen LogP contribution in [-0.2, 0) is 6.54 Å². The summed E-state index contributed by atoms with van der Waals surface area (Å²) in [4.78, 5) is 16.0. The lowest BCUT2D eigenvalue weighted by molar-refractivity contribution is 0.0950. The molecule has 0 aliphatic rings. The predicted octanol–water partition coefficient (Wildman–Crippen LogP) is 1.74. The first-order valence-electron chi connectivity index (χ1n) is 6.09. The van der Waals surface area contributed by atoms with Gasteiger partial charge >= 0.3 is 0 Å². The number of carbonyl (C=O) groups excluding carboxylic acids is 1. The minimum atomic E-state index is -0.190. The van der Waals surface area contributed by atoms with E-state index in [1.807, 2.05) is 13.8 Å². The van der Waals surface area contributed by atoms with Crippen molar-refractivity contribution >= 4 is 11.6 Å². The summed E-state index contributed by atoms with van der Waals surface area (Å²) in [5.41, 5.74) is 1.98. The number of rotatable bonds is 5. The molecule has 6 nitrogen and oxygen atoms in total. The maximum atomic E-state index is 12.1. The van der Waals surface area contributed by atoms with E-state index in [2.05, 4.69) is 20.8 Å². The lowest BCUT2D eigenvalue weighted by Crippen LogP contribution is -2.24. The van der Waals surface area contributed by atoms with Gasteiger partial charge in [0.25, 0.3) is 5.91 Å². The zero-order valence-electron chi connectivity index (χ0n) is 10.9. The van der Waals surface area contributed by atoms with Gasteiger partial charge in [0.15, 0.2) is 0 Å². The maximum Gasteiger partial charge on any atom is 0.255 e. The van der Waals surface area contributed by atoms with Crippen LogP contribution in [0.4, 0.5) is 5.69 Å². The van der Waals surface area contributed by atoms with E-state index in [1.165, 1.54) is 0 Å². The van der Waals surface area contributed by atoms with E-state index in [4.69, 9.17) is 4.52 Å². The number of hydrogen-bond acceptors (Lipinski definition) is 5. The quantitative estimate of drug-likeness (QED) is 0.856. The molecular formula is C13H16N4O2. The molecule has 0 saturated carbocycles. The van der Waals surface area contributed by atoms with E-state index >= 15 is 0 Å². The third kappa shape index (κ3) is 3.31. The van der Waals surface area contributed by atoms with Gasteiger partial charge in [0.2, 0.25) is 0 Å². The number of pyridine rings is 1. The average Bonchev–Trinajstić information content (AvgIpc) is 2.83. The van der Waals surface area contributed by atoms with Crippen molar-refractivity contribution in [2.45, 2.75) is 20.4 Å². The Bertz CT molecular complexity index is 565. The Morgan fingerprint density at radius 3 is 3.00 bits per heavy atom. The lowest BCUT2D eigenvalue weighted by atomic mass is 10.2. The smallest absolute Gasteiger partial charge is 0.255 e. The van der Waals surface area contributed by atoms with Crippen molar-refractivity contribution in [1.29, 1.82) is 0 Å². The number of aryl methyl sites for hydroxylation is 1. The van der Waals surface area contributed by atoms with E-state index in [1.54, 1.807) is 24.5 Å². The summed E-state index contributed by atoms with van der Waals surface area (Å²) in [5.74, 6) is 0.531. The first-order chi connectivity index (χ1) is 9.20. The fourth-order valence-corrected chi connectivity index (χ4v) is 1.69. The first-order valence-corrected chi connectivity index (χ1v) is 6.09. The van der Waals surface area contributed by atoms with Gasteiger partial charge in [0.1, 0.15) is 11.5 Å². The van der Waals surface area contributed by atoms with Gasteiger partial charge < -0.3 is 15.2 Å². The highest BCUT2D eigenvalue weighted by Crippen LogP contribution is 2.13. The monoisotopic (exact) mass is 260 g/mol. The van der Waals surface area contributed by atoms with E-state index in [9.17, 15) is 4.79 Å². The molecule has 2 N–H and O–H groups in total. The van der Waals surface area contributed by atoms with E-state index in [0.717, 1.165) is 18.0 Å². The second-order valence-corrected chi connectivity index (χ2v) is 4.06. The predicted molar refractivity (Wildman–Crippen MR) is 70.8 cm³/mol. The Labute approximate surface area is 111 Å². The van der Waals surface area contributed by atoms with Crippen molar-refractivity contribution in [2.24, 2.45) is 0 Å². The van der Waals surface area contributed by atoms with E-state index in [0.29, 0.717) is 17.8 Å². The van der Waals surface area contributed by atoms with Crippen LogP contribution in [0.3, 0.4) is 0 Å². The van der Waals surface area contributed by atoms with Crippen molar-refractivity contribution in [3.8, 4) is 0 Å². The minimum Gasteiger partial charge on any atom is -0.385 e. The fraction of sp³-hybridized carbons (Fsp3) is 0.308. The number of hydrogen-bond donors (Lipinski definition) is 2. The number of nitrogens with zero attached hydrogens (tertiary/aromatic N) is 2. The molecule has 0 unspecified atom stereocenters. The summed E-state index contributed by atoms with van der Waals surface area (Å²) in [6.07, 6.45) is 3.19. The largest absolute Gasteiger partial charge is 0.385 e. The van der Waals surface area contributed by atoms with Gasteiger partial charge in [-0.25, -0.2) is 0 Å². The second kappa shape index (κ2) is 5.99. The van der Waals surface area contributed by atoms with E-state index < -0.39 is 0 Å². The van der Waals surface area contributed by atoms with Gasteiger partial charge in [-0.05, 0) is 19.9 Å². The zero-order valence-corrected chi connectivity index (χ0v) is 10.9. The van der Waals surface area contributed by atoms with Gasteiger partial charge in [0, 0.05) is 25.0 Å². The number of amides is 1. The van der Waals surface area contributed by atoms with Crippen LogP contribution in [0.25, 0.3) is 0 Å². The second-order valence-electron chi connectivity index (χ2n) is 4.06. The molecule has 0 fully saturated rings. The highest BCUT2D eigenvalue weighted by molar-refractivity contribution is 5.99. The Kier molecular flexibility index (Phi) is 4.12. The van der Waals surface area contributed by atoms with Crippen molar-refractivity contribution in [2.75, 3.05) is 11.9 Å². The molecule has 1 amide bonds. The molecule has 0 aliphatic heterocycles. The highest BCUT2D eigenvalue weighted by Gasteiger charge is 2.11. The lowest BCUT2D eigenvalue weighted by Gasteiger charge is -2.09. The van der Waals surface area contributed by atoms with Gasteiger partial charge in [0.05, 0.1) is 17.8 Å². The molecule has 0 radical (unpaired) electrons. The molecule has 0 saturated heterocycles. The molecule has 2 rings (SSSR count). The van der Waals surface area contributed by atoms with E-state index in [-0.39, 0.29) is 5.91 Å². The molecule has 0 aliphatic carbocycles. The average molecular weight is 260 g/mol. The van der Waals surface area contributed by atoms with Gasteiger partial charge in [-0.3, -0.25) is 9.78 Å². The number of anilines is 1. The Morgan fingerprint density at radius 2 is 2.32 bits per heavy atom. The molecule has 2 heterocycles. The Hall–Kier alpha value is -2.37. The normalized spacial score (nSPS) is 10.2. The first kappa shape index (κ1) is 13.1. The van der Waals surface area contributed by atoms with Gasteiger partial charge in [-0.1, -0.05) is 5.16 Å². The summed E-state index contributed by atoms with van der Waals surface area (Å²) in [5, 5.41) is 9.73. The van der Waals surface area contributed by atoms with Crippen LogP contribution in [0, 0.1) is 6.92 Å². The number of nitrogens with one attached hydrogen (secondary N) is 2. The molecule has 0 aromatic carbocycles. The Morgan fingerprint density at radius 1 is 1.47 bits per heavy atom. The minimum absolute atomic E-state index is 0.190. The molecule has 2 aromatic rings. The summed E-state index contributed by atoms with van der Waals surface area (Å²) in [6.45, 7) is 4.85. The van der Waals surface area contributed by atoms with Crippen LogP contribution in [-0.4, -0.2) is 22.6 Å². The fourth-order valence-electron chi connectivity index (χ4n) is 1.69. The van der Waals surface area contributed by atoms with Gasteiger partial charge in [-0.15, -0.1) is 0 Å². The molecule has 6 heteroatoms. The van der Waals surface area contributed by atoms with Crippen LogP contribution in [0.2, 0.25) is 0 Å². The van der Waals surface area contributed by atoms with Crippen molar-refractivity contribution in [3.05, 3.63) is 41.5 Å². The number of carbonyl (C=O) groups is 1. The molecular weight excluding hydrogens is 244 g/mol. The summed E-state index contributed by atoms with van der Waals surface area (Å²) in [6, 6.07) is 3.56. The standard InChI is InChI=1S/C13H16N4O2/c1-3-15-12-4-5-14-8-11(12)13(18)16-7-10-6-9(2)19-17-10/h4-6,8H,3,7H2,1-2H3,(H,14,15)(H,16,18). The van der Waals surface area contributed by atoms with Crippen molar-refractivity contribution in [1.82, 2.24) is 15.5 Å². The van der Waals surface area contributed by atoms with Crippen molar-refractivity contribution < 1.29 is 9.32 Å². The van der Waals surface area contributed by atoms with Gasteiger partial charge in [-0.2, -0.15) is 0 Å². The molecule has 19 heavy (non-hydrogen) atoms. The molecule has 0 bridgehead atoms.